The van der Waals surface area contributed by atoms with Gasteiger partial charge < -0.3 is 10.1 Å². The summed E-state index contributed by atoms with van der Waals surface area (Å²) in [6.07, 6.45) is 1.43. The van der Waals surface area contributed by atoms with E-state index in [4.69, 9.17) is 5.11 Å². The third kappa shape index (κ3) is 1.53. The molecule has 0 fully saturated rings. The molecule has 0 saturated heterocycles. The van der Waals surface area contributed by atoms with Gasteiger partial charge in [-0.15, -0.1) is 0 Å². The SMILES string of the molecule is Cc1ccc(Br)c2[nH]cc(C(=O)C(=O)O)c12. The number of aromatic nitrogens is 1. The first-order valence-electron chi connectivity index (χ1n) is 4.56. The van der Waals surface area contributed by atoms with Crippen molar-refractivity contribution in [2.24, 2.45) is 0 Å². The second kappa shape index (κ2) is 3.75. The molecule has 5 heteroatoms. The molecular formula is C11H8BrNO3. The van der Waals surface area contributed by atoms with Crippen LogP contribution in [0.2, 0.25) is 0 Å². The molecule has 1 aromatic carbocycles. The van der Waals surface area contributed by atoms with Crippen LogP contribution in [0.15, 0.2) is 22.8 Å². The van der Waals surface area contributed by atoms with Gasteiger partial charge in [-0.1, -0.05) is 6.07 Å². The van der Waals surface area contributed by atoms with Gasteiger partial charge in [-0.3, -0.25) is 4.79 Å². The van der Waals surface area contributed by atoms with Gasteiger partial charge in [-0.2, -0.15) is 0 Å². The number of carbonyl (C=O) groups excluding carboxylic acids is 1. The fourth-order valence-electron chi connectivity index (χ4n) is 1.68. The summed E-state index contributed by atoms with van der Waals surface area (Å²) < 4.78 is 0.803. The third-order valence-electron chi connectivity index (χ3n) is 2.43. The van der Waals surface area contributed by atoms with Crippen molar-refractivity contribution in [2.45, 2.75) is 6.92 Å². The second-order valence-corrected chi connectivity index (χ2v) is 4.31. The lowest BCUT2D eigenvalue weighted by Gasteiger charge is -2.00. The number of aliphatic carboxylic acids is 1. The molecule has 0 atom stereocenters. The standard InChI is InChI=1S/C11H8BrNO3/c1-5-2-3-7(12)9-8(5)6(4-13-9)10(14)11(15)16/h2-4,13H,1H3,(H,15,16). The van der Waals surface area contributed by atoms with Crippen LogP contribution in [0.4, 0.5) is 0 Å². The highest BCUT2D eigenvalue weighted by Crippen LogP contribution is 2.28. The normalized spacial score (nSPS) is 10.6. The minimum atomic E-state index is -1.44. The van der Waals surface area contributed by atoms with Gasteiger partial charge in [0, 0.05) is 16.1 Å². The Morgan fingerprint density at radius 1 is 1.38 bits per heavy atom. The number of aromatic amines is 1. The molecule has 2 N–H and O–H groups in total. The van der Waals surface area contributed by atoms with Crippen molar-refractivity contribution in [1.29, 1.82) is 0 Å². The molecule has 2 rings (SSSR count). The number of fused-ring (bicyclic) bond motifs is 1. The fourth-order valence-corrected chi connectivity index (χ4v) is 2.13. The highest BCUT2D eigenvalue weighted by molar-refractivity contribution is 9.10. The van der Waals surface area contributed by atoms with Gasteiger partial charge in [0.15, 0.2) is 0 Å². The number of aryl methyl sites for hydroxylation is 1. The van der Waals surface area contributed by atoms with Gasteiger partial charge in [0.05, 0.1) is 11.1 Å². The number of halogens is 1. The lowest BCUT2D eigenvalue weighted by Crippen LogP contribution is -2.12. The summed E-state index contributed by atoms with van der Waals surface area (Å²) >= 11 is 3.34. The third-order valence-corrected chi connectivity index (χ3v) is 3.09. The van der Waals surface area contributed by atoms with Gasteiger partial charge in [0.2, 0.25) is 0 Å². The Hall–Kier alpha value is -1.62. The van der Waals surface area contributed by atoms with Crippen molar-refractivity contribution >= 4 is 38.6 Å². The van der Waals surface area contributed by atoms with Gasteiger partial charge >= 0.3 is 5.97 Å². The van der Waals surface area contributed by atoms with Crippen LogP contribution in [0, 0.1) is 6.92 Å². The number of H-pyrrole nitrogens is 1. The van der Waals surface area contributed by atoms with E-state index in [0.29, 0.717) is 5.39 Å². The lowest BCUT2D eigenvalue weighted by atomic mass is 10.0. The molecule has 0 saturated carbocycles. The van der Waals surface area contributed by atoms with Crippen LogP contribution in [-0.2, 0) is 4.79 Å². The predicted octanol–water partition coefficient (Wildman–Crippen LogP) is 2.51. The predicted molar refractivity (Wildman–Crippen MR) is 62.7 cm³/mol. The first kappa shape index (κ1) is 10.9. The Morgan fingerprint density at radius 2 is 2.06 bits per heavy atom. The average Bonchev–Trinajstić information content (AvgIpc) is 2.67. The Labute approximate surface area is 99.4 Å². The summed E-state index contributed by atoms with van der Waals surface area (Å²) in [5, 5.41) is 9.35. The Morgan fingerprint density at radius 3 is 2.69 bits per heavy atom. The second-order valence-electron chi connectivity index (χ2n) is 3.45. The van der Waals surface area contributed by atoms with E-state index >= 15 is 0 Å². The van der Waals surface area contributed by atoms with Crippen LogP contribution in [0.25, 0.3) is 10.9 Å². The molecule has 4 nitrogen and oxygen atoms in total. The Bertz CT molecular complexity index is 601. The number of nitrogens with one attached hydrogen (secondary N) is 1. The van der Waals surface area contributed by atoms with Gasteiger partial charge in [0.25, 0.3) is 5.78 Å². The molecular weight excluding hydrogens is 274 g/mol. The topological polar surface area (TPSA) is 70.2 Å². The summed E-state index contributed by atoms with van der Waals surface area (Å²) in [6, 6.07) is 3.68. The summed E-state index contributed by atoms with van der Waals surface area (Å²) in [4.78, 5) is 25.0. The first-order valence-corrected chi connectivity index (χ1v) is 5.35. The van der Waals surface area contributed by atoms with E-state index in [1.807, 2.05) is 19.1 Å². The highest BCUT2D eigenvalue weighted by atomic mass is 79.9. The molecule has 16 heavy (non-hydrogen) atoms. The largest absolute Gasteiger partial charge is 0.475 e. The van der Waals surface area contributed by atoms with E-state index in [9.17, 15) is 9.59 Å². The van der Waals surface area contributed by atoms with Crippen molar-refractivity contribution < 1.29 is 14.7 Å². The highest BCUT2D eigenvalue weighted by Gasteiger charge is 2.20. The van der Waals surface area contributed by atoms with E-state index in [1.165, 1.54) is 6.20 Å². The lowest BCUT2D eigenvalue weighted by molar-refractivity contribution is -0.131. The molecule has 1 heterocycles. The molecule has 0 radical (unpaired) electrons. The molecule has 0 aliphatic carbocycles. The van der Waals surface area contributed by atoms with E-state index in [1.54, 1.807) is 0 Å². The maximum atomic E-state index is 11.4. The van der Waals surface area contributed by atoms with Crippen molar-refractivity contribution in [3.05, 3.63) is 33.9 Å². The Kier molecular flexibility index (Phi) is 2.55. The van der Waals surface area contributed by atoms with E-state index < -0.39 is 11.8 Å². The maximum Gasteiger partial charge on any atom is 0.377 e. The van der Waals surface area contributed by atoms with E-state index in [0.717, 1.165) is 15.6 Å². The summed E-state index contributed by atoms with van der Waals surface area (Å²) in [7, 11) is 0. The molecule has 0 unspecified atom stereocenters. The average molecular weight is 282 g/mol. The minimum Gasteiger partial charge on any atom is -0.475 e. The number of hydrogen-bond acceptors (Lipinski definition) is 2. The van der Waals surface area contributed by atoms with E-state index in [-0.39, 0.29) is 5.56 Å². The van der Waals surface area contributed by atoms with Gasteiger partial charge in [-0.05, 0) is 34.5 Å². The van der Waals surface area contributed by atoms with Crippen LogP contribution < -0.4 is 0 Å². The van der Waals surface area contributed by atoms with Crippen LogP contribution in [0.1, 0.15) is 15.9 Å². The molecule has 0 spiro atoms. The molecule has 82 valence electrons. The van der Waals surface area contributed by atoms with Crippen molar-refractivity contribution in [3.8, 4) is 0 Å². The van der Waals surface area contributed by atoms with Crippen LogP contribution in [0.5, 0.6) is 0 Å². The maximum absolute atomic E-state index is 11.4. The molecule has 0 amide bonds. The molecule has 0 aliphatic heterocycles. The zero-order chi connectivity index (χ0) is 11.9. The number of rotatable bonds is 2. The molecule has 1 aromatic heterocycles. The number of carboxylic acids is 1. The Balaban J connectivity index is 2.78. The number of benzene rings is 1. The van der Waals surface area contributed by atoms with Crippen molar-refractivity contribution in [1.82, 2.24) is 4.98 Å². The molecule has 0 bridgehead atoms. The summed E-state index contributed by atoms with van der Waals surface area (Å²) in [5.74, 6) is -2.34. The quantitative estimate of drug-likeness (QED) is 0.656. The summed E-state index contributed by atoms with van der Waals surface area (Å²) in [6.45, 7) is 1.83. The number of carboxylic acid groups (broad SMARTS) is 1. The zero-order valence-electron chi connectivity index (χ0n) is 8.37. The minimum absolute atomic E-state index is 0.196. The number of Topliss-reactive ketones (excluding diaryl/α,β-unsaturated/α-hetero) is 1. The molecule has 2 aromatic rings. The smallest absolute Gasteiger partial charge is 0.377 e. The van der Waals surface area contributed by atoms with Gasteiger partial charge in [-0.25, -0.2) is 4.79 Å². The van der Waals surface area contributed by atoms with Crippen molar-refractivity contribution in [2.75, 3.05) is 0 Å². The van der Waals surface area contributed by atoms with Crippen LogP contribution in [0.3, 0.4) is 0 Å². The number of hydrogen-bond donors (Lipinski definition) is 2. The summed E-state index contributed by atoms with van der Waals surface area (Å²) in [5.41, 5.74) is 1.80. The number of ketones is 1. The zero-order valence-corrected chi connectivity index (χ0v) is 9.96. The number of carbonyl (C=O) groups is 2. The van der Waals surface area contributed by atoms with Gasteiger partial charge in [0.1, 0.15) is 0 Å². The van der Waals surface area contributed by atoms with Crippen molar-refractivity contribution in [3.63, 3.8) is 0 Å². The van der Waals surface area contributed by atoms with Crippen LogP contribution in [-0.4, -0.2) is 21.8 Å². The first-order chi connectivity index (χ1) is 7.52. The van der Waals surface area contributed by atoms with Crippen LogP contribution >= 0.6 is 15.9 Å². The monoisotopic (exact) mass is 281 g/mol. The fraction of sp³-hybridized carbons (Fsp3) is 0.0909. The molecule has 0 aliphatic rings. The van der Waals surface area contributed by atoms with E-state index in [2.05, 4.69) is 20.9 Å².